The monoisotopic (exact) mass is 169 g/mol. The molecule has 0 aliphatic heterocycles. The highest BCUT2D eigenvalue weighted by Gasteiger charge is 2.07. The predicted molar refractivity (Wildman–Crippen MR) is 44.6 cm³/mol. The summed E-state index contributed by atoms with van der Waals surface area (Å²) in [5.74, 6) is 4.93. The van der Waals surface area contributed by atoms with Crippen LogP contribution in [0.1, 0.15) is 24.9 Å². The standard InChI is InChI=1S/C8H12FN3/c1-2-8(12-10)6-3-7(9)5-11-4-6/h3-5,8,12H,2,10H2,1H3. The van der Waals surface area contributed by atoms with E-state index in [-0.39, 0.29) is 11.9 Å². The van der Waals surface area contributed by atoms with E-state index >= 15 is 0 Å². The fourth-order valence-corrected chi connectivity index (χ4v) is 1.07. The van der Waals surface area contributed by atoms with Gasteiger partial charge in [0, 0.05) is 12.2 Å². The van der Waals surface area contributed by atoms with Crippen molar-refractivity contribution in [3.8, 4) is 0 Å². The number of rotatable bonds is 3. The molecule has 0 aromatic carbocycles. The number of nitrogens with two attached hydrogens (primary N) is 1. The Morgan fingerprint density at radius 1 is 1.67 bits per heavy atom. The highest BCUT2D eigenvalue weighted by Crippen LogP contribution is 2.14. The van der Waals surface area contributed by atoms with Gasteiger partial charge in [-0.05, 0) is 18.1 Å². The molecule has 0 radical (unpaired) electrons. The maximum absolute atomic E-state index is 12.7. The number of hydrogen-bond donors (Lipinski definition) is 2. The Kier molecular flexibility index (Phi) is 3.13. The van der Waals surface area contributed by atoms with Crippen molar-refractivity contribution in [3.63, 3.8) is 0 Å². The summed E-state index contributed by atoms with van der Waals surface area (Å²) in [5, 5.41) is 0. The lowest BCUT2D eigenvalue weighted by atomic mass is 10.1. The van der Waals surface area contributed by atoms with E-state index in [1.807, 2.05) is 6.92 Å². The second-order valence-corrected chi connectivity index (χ2v) is 2.56. The van der Waals surface area contributed by atoms with E-state index in [4.69, 9.17) is 5.84 Å². The lowest BCUT2D eigenvalue weighted by molar-refractivity contribution is 0.530. The molecular formula is C8H12FN3. The molecule has 3 nitrogen and oxygen atoms in total. The van der Waals surface area contributed by atoms with Gasteiger partial charge in [0.1, 0.15) is 5.82 Å². The number of halogens is 1. The first-order valence-electron chi connectivity index (χ1n) is 3.84. The van der Waals surface area contributed by atoms with Crippen LogP contribution in [0.15, 0.2) is 18.5 Å². The summed E-state index contributed by atoms with van der Waals surface area (Å²) in [4.78, 5) is 3.73. The molecule has 0 bridgehead atoms. The van der Waals surface area contributed by atoms with Gasteiger partial charge >= 0.3 is 0 Å². The van der Waals surface area contributed by atoms with Gasteiger partial charge in [0.25, 0.3) is 0 Å². The van der Waals surface area contributed by atoms with Crippen molar-refractivity contribution in [2.24, 2.45) is 5.84 Å². The van der Waals surface area contributed by atoms with Gasteiger partial charge in [-0.3, -0.25) is 16.3 Å². The number of aromatic nitrogens is 1. The summed E-state index contributed by atoms with van der Waals surface area (Å²) in [6, 6.07) is 1.41. The number of nitrogens with zero attached hydrogens (tertiary/aromatic N) is 1. The van der Waals surface area contributed by atoms with E-state index in [9.17, 15) is 4.39 Å². The zero-order chi connectivity index (χ0) is 8.97. The lowest BCUT2D eigenvalue weighted by Crippen LogP contribution is -2.27. The summed E-state index contributed by atoms with van der Waals surface area (Å²) >= 11 is 0. The zero-order valence-corrected chi connectivity index (χ0v) is 6.92. The van der Waals surface area contributed by atoms with Crippen LogP contribution < -0.4 is 11.3 Å². The van der Waals surface area contributed by atoms with Crippen molar-refractivity contribution in [3.05, 3.63) is 29.8 Å². The van der Waals surface area contributed by atoms with Gasteiger partial charge < -0.3 is 0 Å². The summed E-state index contributed by atoms with van der Waals surface area (Å²) in [6.45, 7) is 1.97. The van der Waals surface area contributed by atoms with Gasteiger partial charge in [-0.1, -0.05) is 6.92 Å². The second-order valence-electron chi connectivity index (χ2n) is 2.56. The Labute approximate surface area is 70.8 Å². The molecule has 0 aliphatic carbocycles. The minimum Gasteiger partial charge on any atom is -0.271 e. The first-order chi connectivity index (χ1) is 5.77. The Morgan fingerprint density at radius 3 is 2.92 bits per heavy atom. The van der Waals surface area contributed by atoms with E-state index < -0.39 is 0 Å². The molecule has 0 spiro atoms. The van der Waals surface area contributed by atoms with Crippen LogP contribution in [0.5, 0.6) is 0 Å². The van der Waals surface area contributed by atoms with Gasteiger partial charge in [-0.25, -0.2) is 4.39 Å². The second kappa shape index (κ2) is 4.13. The van der Waals surface area contributed by atoms with Crippen molar-refractivity contribution < 1.29 is 4.39 Å². The molecule has 1 rings (SSSR count). The van der Waals surface area contributed by atoms with Gasteiger partial charge in [-0.15, -0.1) is 0 Å². The van der Waals surface area contributed by atoms with Crippen LogP contribution in [-0.2, 0) is 0 Å². The molecule has 1 unspecified atom stereocenters. The Morgan fingerprint density at radius 2 is 2.42 bits per heavy atom. The summed E-state index contributed by atoms with van der Waals surface area (Å²) < 4.78 is 12.7. The molecule has 66 valence electrons. The molecule has 1 aromatic heterocycles. The molecule has 3 N–H and O–H groups in total. The number of pyridine rings is 1. The summed E-state index contributed by atoms with van der Waals surface area (Å²) in [6.07, 6.45) is 3.59. The van der Waals surface area contributed by atoms with Crippen LogP contribution in [-0.4, -0.2) is 4.98 Å². The first kappa shape index (κ1) is 9.09. The largest absolute Gasteiger partial charge is 0.271 e. The third kappa shape index (κ3) is 1.99. The van der Waals surface area contributed by atoms with Crippen LogP contribution in [0.3, 0.4) is 0 Å². The third-order valence-electron chi connectivity index (χ3n) is 1.74. The quantitative estimate of drug-likeness (QED) is 0.527. The number of hydrazine groups is 1. The smallest absolute Gasteiger partial charge is 0.141 e. The minimum absolute atomic E-state index is 0.0202. The van der Waals surface area contributed by atoms with Crippen molar-refractivity contribution in [2.45, 2.75) is 19.4 Å². The highest BCUT2D eigenvalue weighted by atomic mass is 19.1. The van der Waals surface area contributed by atoms with E-state index in [1.165, 1.54) is 12.3 Å². The topological polar surface area (TPSA) is 50.9 Å². The van der Waals surface area contributed by atoms with Crippen LogP contribution >= 0.6 is 0 Å². The average Bonchev–Trinajstić information content (AvgIpc) is 2.07. The number of hydrogen-bond acceptors (Lipinski definition) is 3. The molecule has 0 aliphatic rings. The molecular weight excluding hydrogens is 157 g/mol. The fourth-order valence-electron chi connectivity index (χ4n) is 1.07. The molecule has 0 fully saturated rings. The van der Waals surface area contributed by atoms with Crippen molar-refractivity contribution >= 4 is 0 Å². The van der Waals surface area contributed by atoms with Crippen LogP contribution in [0.25, 0.3) is 0 Å². The van der Waals surface area contributed by atoms with Crippen LogP contribution in [0, 0.1) is 5.82 Å². The van der Waals surface area contributed by atoms with Crippen LogP contribution in [0.4, 0.5) is 4.39 Å². The summed E-state index contributed by atoms with van der Waals surface area (Å²) in [7, 11) is 0. The molecule has 1 heterocycles. The molecule has 0 amide bonds. The van der Waals surface area contributed by atoms with Crippen molar-refractivity contribution in [1.82, 2.24) is 10.4 Å². The Bertz CT molecular complexity index is 248. The fraction of sp³-hybridized carbons (Fsp3) is 0.375. The van der Waals surface area contributed by atoms with Gasteiger partial charge in [0.05, 0.1) is 6.20 Å². The first-order valence-corrected chi connectivity index (χ1v) is 3.84. The molecule has 4 heteroatoms. The Hall–Kier alpha value is -1.00. The average molecular weight is 169 g/mol. The molecule has 0 saturated carbocycles. The van der Waals surface area contributed by atoms with E-state index in [0.717, 1.165) is 12.0 Å². The highest BCUT2D eigenvalue weighted by molar-refractivity contribution is 5.14. The van der Waals surface area contributed by atoms with Crippen molar-refractivity contribution in [1.29, 1.82) is 0 Å². The molecule has 1 atom stereocenters. The molecule has 1 aromatic rings. The van der Waals surface area contributed by atoms with Crippen molar-refractivity contribution in [2.75, 3.05) is 0 Å². The van der Waals surface area contributed by atoms with Gasteiger partial charge in [-0.2, -0.15) is 0 Å². The third-order valence-corrected chi connectivity index (χ3v) is 1.74. The Balaban J connectivity index is 2.85. The lowest BCUT2D eigenvalue weighted by Gasteiger charge is -2.12. The van der Waals surface area contributed by atoms with Crippen LogP contribution in [0.2, 0.25) is 0 Å². The molecule has 0 saturated heterocycles. The number of nitrogens with one attached hydrogen (secondary N) is 1. The zero-order valence-electron chi connectivity index (χ0n) is 6.92. The normalized spacial score (nSPS) is 12.9. The van der Waals surface area contributed by atoms with Gasteiger partial charge in [0.15, 0.2) is 0 Å². The SMILES string of the molecule is CCC(NN)c1cncc(F)c1. The minimum atomic E-state index is -0.332. The summed E-state index contributed by atoms with van der Waals surface area (Å²) in [5.41, 5.74) is 3.37. The van der Waals surface area contributed by atoms with Gasteiger partial charge in [0.2, 0.25) is 0 Å². The van der Waals surface area contributed by atoms with E-state index in [0.29, 0.717) is 0 Å². The van der Waals surface area contributed by atoms with E-state index in [1.54, 1.807) is 6.20 Å². The molecule has 12 heavy (non-hydrogen) atoms. The maximum Gasteiger partial charge on any atom is 0.141 e. The van der Waals surface area contributed by atoms with E-state index in [2.05, 4.69) is 10.4 Å². The predicted octanol–water partition coefficient (Wildman–Crippen LogP) is 1.14. The maximum atomic E-state index is 12.7.